The zero-order valence-corrected chi connectivity index (χ0v) is 20.5. The maximum atomic E-state index is 12.3. The first-order valence-corrected chi connectivity index (χ1v) is 11.8. The van der Waals surface area contributed by atoms with Gasteiger partial charge in [0, 0.05) is 27.2 Å². The molecule has 2 nitrogen and oxygen atoms in total. The molecule has 0 bridgehead atoms. The van der Waals surface area contributed by atoms with Crippen molar-refractivity contribution >= 4 is 43.1 Å². The Balaban J connectivity index is 1.72. The number of likely N-dealkylation sites (N-methyl/N-ethyl adjacent to an activating group) is 1. The average molecular weight is 535 g/mol. The Morgan fingerprint density at radius 3 is 2.16 bits per heavy atom. The second-order valence-electron chi connectivity index (χ2n) is 8.37. The molecule has 4 heteroatoms. The smallest absolute Gasteiger partial charge is 0.182 e. The van der Waals surface area contributed by atoms with Crippen LogP contribution in [-0.2, 0) is 5.41 Å². The summed E-state index contributed by atoms with van der Waals surface area (Å²) in [7, 11) is 1.97. The van der Waals surface area contributed by atoms with Crippen LogP contribution in [0.3, 0.4) is 0 Å². The summed E-state index contributed by atoms with van der Waals surface area (Å²) < 4.78 is 2.05. The molecule has 1 heterocycles. The summed E-state index contributed by atoms with van der Waals surface area (Å²) in [4.78, 5) is 2.00. The number of anilines is 1. The molecule has 0 saturated carbocycles. The SMILES string of the molecule is CN1c2ccccc2C2(C)CC(c3ccc(Br)cc3)=C(C#Cc3ccc(Br)cc3)C12O. The Morgan fingerprint density at radius 2 is 1.48 bits per heavy atom. The van der Waals surface area contributed by atoms with Gasteiger partial charge in [0.05, 0.1) is 11.0 Å². The molecular weight excluding hydrogens is 514 g/mol. The maximum absolute atomic E-state index is 12.3. The summed E-state index contributed by atoms with van der Waals surface area (Å²) in [5.41, 5.74) is 4.42. The van der Waals surface area contributed by atoms with Gasteiger partial charge in [0.25, 0.3) is 0 Å². The highest BCUT2D eigenvalue weighted by Crippen LogP contribution is 2.61. The molecule has 2 aliphatic rings. The van der Waals surface area contributed by atoms with E-state index in [1.54, 1.807) is 0 Å². The molecule has 2 unspecified atom stereocenters. The van der Waals surface area contributed by atoms with E-state index in [9.17, 15) is 5.11 Å². The van der Waals surface area contributed by atoms with Gasteiger partial charge in [-0.25, -0.2) is 0 Å². The largest absolute Gasteiger partial charge is 0.365 e. The van der Waals surface area contributed by atoms with Crippen molar-refractivity contribution in [3.05, 3.63) is 104 Å². The first-order chi connectivity index (χ1) is 14.8. The number of hydrogen-bond acceptors (Lipinski definition) is 2. The Bertz CT molecular complexity index is 1270. The Kier molecular flexibility index (Phi) is 4.90. The lowest BCUT2D eigenvalue weighted by molar-refractivity contribution is 0.0309. The van der Waals surface area contributed by atoms with Gasteiger partial charge in [0.2, 0.25) is 0 Å². The topological polar surface area (TPSA) is 23.5 Å². The van der Waals surface area contributed by atoms with Gasteiger partial charge in [-0.1, -0.05) is 81.0 Å². The number of hydrogen-bond donors (Lipinski definition) is 1. The zero-order valence-electron chi connectivity index (χ0n) is 17.3. The second kappa shape index (κ2) is 7.38. The minimum Gasteiger partial charge on any atom is -0.365 e. The van der Waals surface area contributed by atoms with Crippen LogP contribution in [0.4, 0.5) is 5.69 Å². The molecule has 154 valence electrons. The van der Waals surface area contributed by atoms with Gasteiger partial charge >= 0.3 is 0 Å². The van der Waals surface area contributed by atoms with Crippen molar-refractivity contribution in [2.24, 2.45) is 0 Å². The maximum Gasteiger partial charge on any atom is 0.182 e. The van der Waals surface area contributed by atoms with Gasteiger partial charge in [-0.05, 0) is 65.6 Å². The van der Waals surface area contributed by atoms with Crippen molar-refractivity contribution < 1.29 is 5.11 Å². The molecule has 1 aliphatic carbocycles. The second-order valence-corrected chi connectivity index (χ2v) is 10.2. The molecule has 3 aromatic rings. The molecule has 0 saturated heterocycles. The highest BCUT2D eigenvalue weighted by atomic mass is 79.9. The van der Waals surface area contributed by atoms with E-state index in [4.69, 9.17) is 0 Å². The van der Waals surface area contributed by atoms with Crippen LogP contribution < -0.4 is 4.90 Å². The summed E-state index contributed by atoms with van der Waals surface area (Å²) in [5.74, 6) is 6.70. The van der Waals surface area contributed by atoms with E-state index in [0.29, 0.717) is 0 Å². The van der Waals surface area contributed by atoms with Crippen LogP contribution in [0.25, 0.3) is 5.57 Å². The predicted octanol–water partition coefficient (Wildman–Crippen LogP) is 6.52. The summed E-state index contributed by atoms with van der Waals surface area (Å²) in [6.07, 6.45) is 0.719. The van der Waals surface area contributed by atoms with E-state index in [2.05, 4.69) is 81.0 Å². The first kappa shape index (κ1) is 20.6. The van der Waals surface area contributed by atoms with Crippen molar-refractivity contribution in [1.29, 1.82) is 0 Å². The summed E-state index contributed by atoms with van der Waals surface area (Å²) in [6.45, 7) is 2.16. The van der Waals surface area contributed by atoms with Crippen molar-refractivity contribution in [3.8, 4) is 11.8 Å². The lowest BCUT2D eigenvalue weighted by Gasteiger charge is -2.39. The Labute approximate surface area is 199 Å². The molecule has 1 aliphatic heterocycles. The Morgan fingerprint density at radius 1 is 0.871 bits per heavy atom. The molecular formula is C27H21Br2NO. The molecule has 1 N–H and O–H groups in total. The van der Waals surface area contributed by atoms with E-state index in [0.717, 1.165) is 48.9 Å². The van der Waals surface area contributed by atoms with Crippen molar-refractivity contribution in [3.63, 3.8) is 0 Å². The number of fused-ring (bicyclic) bond motifs is 3. The lowest BCUT2D eigenvalue weighted by Crippen LogP contribution is -2.54. The molecule has 0 aromatic heterocycles. The number of aliphatic hydroxyl groups is 1. The molecule has 3 aromatic carbocycles. The number of rotatable bonds is 1. The lowest BCUT2D eigenvalue weighted by atomic mass is 9.75. The highest BCUT2D eigenvalue weighted by molar-refractivity contribution is 9.10. The van der Waals surface area contributed by atoms with Gasteiger partial charge in [-0.3, -0.25) is 0 Å². The van der Waals surface area contributed by atoms with Gasteiger partial charge in [0.15, 0.2) is 5.72 Å². The third-order valence-corrected chi connectivity index (χ3v) is 7.72. The number of halogens is 2. The van der Waals surface area contributed by atoms with Gasteiger partial charge in [-0.2, -0.15) is 0 Å². The molecule has 0 amide bonds. The van der Waals surface area contributed by atoms with E-state index in [-0.39, 0.29) is 0 Å². The van der Waals surface area contributed by atoms with Crippen LogP contribution in [0, 0.1) is 11.8 Å². The number of para-hydroxylation sites is 1. The Hall–Kier alpha value is -2.32. The monoisotopic (exact) mass is 533 g/mol. The van der Waals surface area contributed by atoms with Gasteiger partial charge < -0.3 is 10.0 Å². The predicted molar refractivity (Wildman–Crippen MR) is 134 cm³/mol. The van der Waals surface area contributed by atoms with Gasteiger partial charge in [0.1, 0.15) is 0 Å². The molecule has 2 atom stereocenters. The van der Waals surface area contributed by atoms with E-state index < -0.39 is 11.1 Å². The minimum atomic E-state index is -1.21. The normalized spacial score (nSPS) is 24.0. The standard InChI is InChI=1S/C27H21Br2NO/c1-26-17-22(19-10-14-21(29)15-11-19)23(16-9-18-7-12-20(28)13-8-18)27(26,31)30(2)25-6-4-3-5-24(25)26/h3-8,10-15,31H,17H2,1-2H3. The van der Waals surface area contributed by atoms with Gasteiger partial charge in [-0.15, -0.1) is 0 Å². The molecule has 0 radical (unpaired) electrons. The molecule has 0 spiro atoms. The molecule has 5 rings (SSSR count). The number of nitrogens with zero attached hydrogens (tertiary/aromatic N) is 1. The highest BCUT2D eigenvalue weighted by Gasteiger charge is 2.63. The van der Waals surface area contributed by atoms with Crippen LogP contribution in [0.2, 0.25) is 0 Å². The third-order valence-electron chi connectivity index (χ3n) is 6.66. The van der Waals surface area contributed by atoms with E-state index >= 15 is 0 Å². The van der Waals surface area contributed by atoms with Crippen LogP contribution >= 0.6 is 31.9 Å². The zero-order chi connectivity index (χ0) is 21.8. The van der Waals surface area contributed by atoms with Crippen molar-refractivity contribution in [2.75, 3.05) is 11.9 Å². The van der Waals surface area contributed by atoms with Crippen LogP contribution in [0.1, 0.15) is 30.0 Å². The summed E-state index contributed by atoms with van der Waals surface area (Å²) >= 11 is 7.01. The molecule has 31 heavy (non-hydrogen) atoms. The fourth-order valence-corrected chi connectivity index (χ4v) is 5.54. The number of allylic oxidation sites excluding steroid dienone is 1. The molecule has 0 fully saturated rings. The fraction of sp³-hybridized carbons (Fsp3) is 0.185. The number of benzene rings is 3. The van der Waals surface area contributed by atoms with E-state index in [1.165, 1.54) is 0 Å². The van der Waals surface area contributed by atoms with Crippen molar-refractivity contribution in [2.45, 2.75) is 24.5 Å². The minimum absolute atomic E-state index is 0.482. The van der Waals surface area contributed by atoms with E-state index in [1.807, 2.05) is 54.4 Å². The quantitative estimate of drug-likeness (QED) is 0.359. The summed E-state index contributed by atoms with van der Waals surface area (Å²) in [6, 6.07) is 24.5. The first-order valence-electron chi connectivity index (χ1n) is 10.2. The van der Waals surface area contributed by atoms with Crippen molar-refractivity contribution in [1.82, 2.24) is 0 Å². The average Bonchev–Trinajstić information content (AvgIpc) is 3.11. The van der Waals surface area contributed by atoms with Crippen LogP contribution in [-0.4, -0.2) is 17.9 Å². The summed E-state index contributed by atoms with van der Waals surface area (Å²) in [5, 5.41) is 12.3. The van der Waals surface area contributed by atoms with Crippen LogP contribution in [0.5, 0.6) is 0 Å². The van der Waals surface area contributed by atoms with Crippen LogP contribution in [0.15, 0.2) is 87.3 Å². The third kappa shape index (κ3) is 3.03. The fourth-order valence-electron chi connectivity index (χ4n) is 5.01.